The normalized spacial score (nSPS) is 15.0. The van der Waals surface area contributed by atoms with Crippen LogP contribution in [0.4, 0.5) is 22.7 Å². The van der Waals surface area contributed by atoms with Gasteiger partial charge in [-0.05, 0) is 97.1 Å². The number of rotatable bonds is 8. The van der Waals surface area contributed by atoms with E-state index >= 15 is 0 Å². The SMILES string of the molecule is O=C(Nc1ccc(C(=O)c2ccc(NC(=O)c3ccc(N4CCOCC4)cc3)cc2)cc1)c1ccc(N2CCOCC2)cc1. The van der Waals surface area contributed by atoms with Gasteiger partial charge >= 0.3 is 0 Å². The van der Waals surface area contributed by atoms with Crippen molar-refractivity contribution < 1.29 is 23.9 Å². The van der Waals surface area contributed by atoms with Crippen LogP contribution >= 0.6 is 0 Å². The van der Waals surface area contributed by atoms with Crippen molar-refractivity contribution in [1.82, 2.24) is 0 Å². The van der Waals surface area contributed by atoms with Crippen molar-refractivity contribution in [3.05, 3.63) is 119 Å². The zero-order valence-electron chi connectivity index (χ0n) is 24.3. The molecular formula is C35H34N4O5. The molecule has 2 aliphatic rings. The maximum Gasteiger partial charge on any atom is 0.255 e. The maximum atomic E-state index is 13.1. The Hall–Kier alpha value is -4.99. The first-order valence-electron chi connectivity index (χ1n) is 14.8. The van der Waals surface area contributed by atoms with Gasteiger partial charge in [0.2, 0.25) is 0 Å². The largest absolute Gasteiger partial charge is 0.378 e. The van der Waals surface area contributed by atoms with Gasteiger partial charge in [-0.3, -0.25) is 14.4 Å². The summed E-state index contributed by atoms with van der Waals surface area (Å²) in [5, 5.41) is 5.78. The molecule has 6 rings (SSSR count). The minimum Gasteiger partial charge on any atom is -0.378 e. The van der Waals surface area contributed by atoms with Crippen LogP contribution in [0.25, 0.3) is 0 Å². The number of carbonyl (C=O) groups is 3. The van der Waals surface area contributed by atoms with Gasteiger partial charge in [-0.1, -0.05) is 0 Å². The molecule has 9 nitrogen and oxygen atoms in total. The van der Waals surface area contributed by atoms with Gasteiger partial charge in [-0.25, -0.2) is 0 Å². The number of morpholine rings is 2. The molecule has 0 atom stereocenters. The number of amides is 2. The highest BCUT2D eigenvalue weighted by molar-refractivity contribution is 6.10. The van der Waals surface area contributed by atoms with Gasteiger partial charge in [-0.2, -0.15) is 0 Å². The smallest absolute Gasteiger partial charge is 0.255 e. The first kappa shape index (κ1) is 29.1. The summed E-state index contributed by atoms with van der Waals surface area (Å²) in [6.45, 7) is 6.16. The number of hydrogen-bond donors (Lipinski definition) is 2. The number of benzene rings is 4. The molecule has 2 fully saturated rings. The lowest BCUT2D eigenvalue weighted by atomic mass is 10.0. The van der Waals surface area contributed by atoms with Crippen molar-refractivity contribution in [1.29, 1.82) is 0 Å². The van der Waals surface area contributed by atoms with Gasteiger partial charge in [0.15, 0.2) is 5.78 Å². The molecule has 4 aromatic carbocycles. The first-order chi connectivity index (χ1) is 21.5. The lowest BCUT2D eigenvalue weighted by molar-refractivity contribution is 0.101. The number of hydrogen-bond acceptors (Lipinski definition) is 7. The van der Waals surface area contributed by atoms with Crippen molar-refractivity contribution in [2.24, 2.45) is 0 Å². The minimum atomic E-state index is -0.219. The summed E-state index contributed by atoms with van der Waals surface area (Å²) in [5.41, 5.74) is 5.43. The van der Waals surface area contributed by atoms with Crippen LogP contribution in [0.1, 0.15) is 36.6 Å². The van der Waals surface area contributed by atoms with Gasteiger partial charge in [0.1, 0.15) is 0 Å². The molecular weight excluding hydrogens is 556 g/mol. The van der Waals surface area contributed by atoms with E-state index < -0.39 is 0 Å². The summed E-state index contributed by atoms with van der Waals surface area (Å²) >= 11 is 0. The van der Waals surface area contributed by atoms with Crippen molar-refractivity contribution in [2.45, 2.75) is 0 Å². The second kappa shape index (κ2) is 13.5. The highest BCUT2D eigenvalue weighted by Crippen LogP contribution is 2.21. The van der Waals surface area contributed by atoms with Gasteiger partial charge in [-0.15, -0.1) is 0 Å². The molecule has 2 aliphatic heterocycles. The molecule has 224 valence electrons. The van der Waals surface area contributed by atoms with Crippen molar-refractivity contribution in [3.8, 4) is 0 Å². The van der Waals surface area contributed by atoms with E-state index in [-0.39, 0.29) is 17.6 Å². The highest BCUT2D eigenvalue weighted by atomic mass is 16.5. The molecule has 0 unspecified atom stereocenters. The molecule has 44 heavy (non-hydrogen) atoms. The Morgan fingerprint density at radius 3 is 1.11 bits per heavy atom. The van der Waals surface area contributed by atoms with Gasteiger partial charge in [0.05, 0.1) is 26.4 Å². The molecule has 2 saturated heterocycles. The molecule has 2 heterocycles. The Morgan fingerprint density at radius 2 is 0.773 bits per heavy atom. The number of ether oxygens (including phenoxy) is 2. The highest BCUT2D eigenvalue weighted by Gasteiger charge is 2.15. The van der Waals surface area contributed by atoms with E-state index in [2.05, 4.69) is 20.4 Å². The van der Waals surface area contributed by atoms with Gasteiger partial charge in [0.25, 0.3) is 11.8 Å². The quantitative estimate of drug-likeness (QED) is 0.276. The number of ketones is 1. The number of nitrogens with zero attached hydrogens (tertiary/aromatic N) is 2. The molecule has 0 aromatic heterocycles. The third-order valence-corrected chi connectivity index (χ3v) is 7.82. The molecule has 0 aliphatic carbocycles. The van der Waals surface area contributed by atoms with Crippen molar-refractivity contribution >= 4 is 40.3 Å². The third kappa shape index (κ3) is 6.96. The second-order valence-corrected chi connectivity index (χ2v) is 10.7. The van der Waals surface area contributed by atoms with Crippen LogP contribution < -0.4 is 20.4 Å². The van der Waals surface area contributed by atoms with E-state index in [0.717, 1.165) is 37.6 Å². The summed E-state index contributed by atoms with van der Waals surface area (Å²) < 4.78 is 10.8. The van der Waals surface area contributed by atoms with E-state index in [1.165, 1.54) is 0 Å². The lowest BCUT2D eigenvalue weighted by Gasteiger charge is -2.28. The monoisotopic (exact) mass is 590 g/mol. The Kier molecular flexibility index (Phi) is 8.95. The van der Waals surface area contributed by atoms with Crippen LogP contribution in [-0.2, 0) is 9.47 Å². The fraction of sp³-hybridized carbons (Fsp3) is 0.229. The van der Waals surface area contributed by atoms with Crippen LogP contribution in [-0.4, -0.2) is 70.2 Å². The summed E-state index contributed by atoms with van der Waals surface area (Å²) in [6, 6.07) is 28.7. The van der Waals surface area contributed by atoms with Crippen molar-refractivity contribution in [3.63, 3.8) is 0 Å². The molecule has 0 bridgehead atoms. The molecule has 0 radical (unpaired) electrons. The van der Waals surface area contributed by atoms with Crippen LogP contribution in [0.3, 0.4) is 0 Å². The van der Waals surface area contributed by atoms with Crippen LogP contribution in [0.2, 0.25) is 0 Å². The van der Waals surface area contributed by atoms with E-state index in [4.69, 9.17) is 9.47 Å². The van der Waals surface area contributed by atoms with Crippen LogP contribution in [0, 0.1) is 0 Å². The zero-order valence-corrected chi connectivity index (χ0v) is 24.3. The topological polar surface area (TPSA) is 100 Å². The van der Waals surface area contributed by atoms with E-state index in [1.54, 1.807) is 48.5 Å². The summed E-state index contributed by atoms with van der Waals surface area (Å²) in [5.74, 6) is -0.593. The number of anilines is 4. The molecule has 2 amide bonds. The Balaban J connectivity index is 1.02. The number of carbonyl (C=O) groups excluding carboxylic acids is 3. The van der Waals surface area contributed by atoms with Crippen LogP contribution in [0.15, 0.2) is 97.1 Å². The maximum absolute atomic E-state index is 13.1. The molecule has 4 aromatic rings. The van der Waals surface area contributed by atoms with Gasteiger partial charge < -0.3 is 29.9 Å². The fourth-order valence-corrected chi connectivity index (χ4v) is 5.27. The fourth-order valence-electron chi connectivity index (χ4n) is 5.27. The number of nitrogens with one attached hydrogen (secondary N) is 2. The van der Waals surface area contributed by atoms with E-state index in [0.29, 0.717) is 60.1 Å². The average molecular weight is 591 g/mol. The summed E-state index contributed by atoms with van der Waals surface area (Å²) in [4.78, 5) is 43.1. The molecule has 9 heteroatoms. The second-order valence-electron chi connectivity index (χ2n) is 10.7. The predicted molar refractivity (Wildman–Crippen MR) is 171 cm³/mol. The van der Waals surface area contributed by atoms with Gasteiger partial charge in [0, 0.05) is 71.2 Å². The standard InChI is InChI=1S/C35H34N4O5/c40-33(25-1-9-29(10-2-25)36-34(41)27-5-13-31(14-6-27)38-17-21-43-22-18-38)26-3-11-30(12-4-26)37-35(42)28-7-15-32(16-8-28)39-19-23-44-24-20-39/h1-16H,17-24H2,(H,36,41)(H,37,42). The Labute approximate surface area is 256 Å². The van der Waals surface area contributed by atoms with Crippen LogP contribution in [0.5, 0.6) is 0 Å². The minimum absolute atomic E-state index is 0.154. The lowest BCUT2D eigenvalue weighted by Crippen LogP contribution is -2.36. The molecule has 0 spiro atoms. The van der Waals surface area contributed by atoms with Crippen molar-refractivity contribution in [2.75, 3.05) is 73.0 Å². The Bertz CT molecular complexity index is 1470. The Morgan fingerprint density at radius 1 is 0.455 bits per heavy atom. The van der Waals surface area contributed by atoms with E-state index in [9.17, 15) is 14.4 Å². The first-order valence-corrected chi connectivity index (χ1v) is 14.8. The predicted octanol–water partition coefficient (Wildman–Crippen LogP) is 5.10. The van der Waals surface area contributed by atoms with E-state index in [1.807, 2.05) is 48.5 Å². The molecule has 2 N–H and O–H groups in total. The summed E-state index contributed by atoms with van der Waals surface area (Å²) in [7, 11) is 0. The third-order valence-electron chi connectivity index (χ3n) is 7.82. The zero-order chi connectivity index (χ0) is 30.3. The molecule has 0 saturated carbocycles. The average Bonchev–Trinajstić information content (AvgIpc) is 3.09. The summed E-state index contributed by atoms with van der Waals surface area (Å²) in [6.07, 6.45) is 0.